The minimum absolute atomic E-state index is 0.258. The molecule has 0 aliphatic carbocycles. The van der Waals surface area contributed by atoms with Crippen molar-refractivity contribution in [1.29, 1.82) is 0 Å². The van der Waals surface area contributed by atoms with E-state index in [9.17, 15) is 4.79 Å². The second-order valence-electron chi connectivity index (χ2n) is 3.89. The number of nitrogens with zero attached hydrogens (tertiary/aromatic N) is 2. The highest BCUT2D eigenvalue weighted by Crippen LogP contribution is 2.17. The maximum absolute atomic E-state index is 12.0. The average molecular weight is 280 g/mol. The van der Waals surface area contributed by atoms with Gasteiger partial charge in [-0.1, -0.05) is 11.6 Å². The third-order valence-corrected chi connectivity index (χ3v) is 2.69. The normalized spacial score (nSPS) is 10.3. The minimum Gasteiger partial charge on any atom is -0.494 e. The summed E-state index contributed by atoms with van der Waals surface area (Å²) in [7, 11) is 1.67. The van der Waals surface area contributed by atoms with Gasteiger partial charge >= 0.3 is 0 Å². The molecule has 0 aliphatic rings. The number of ether oxygens (including phenoxy) is 1. The summed E-state index contributed by atoms with van der Waals surface area (Å²) < 4.78 is 6.77. The zero-order valence-electron chi connectivity index (χ0n) is 10.7. The van der Waals surface area contributed by atoms with Crippen molar-refractivity contribution in [1.82, 2.24) is 9.78 Å². The summed E-state index contributed by atoms with van der Waals surface area (Å²) in [5, 5.41) is 6.97. The van der Waals surface area contributed by atoms with E-state index in [4.69, 9.17) is 16.3 Å². The number of amides is 1. The molecule has 6 heteroatoms. The predicted octanol–water partition coefficient (Wildman–Crippen LogP) is 2.72. The first-order chi connectivity index (χ1) is 9.10. The van der Waals surface area contributed by atoms with E-state index in [2.05, 4.69) is 10.4 Å². The Balaban J connectivity index is 2.08. The van der Waals surface area contributed by atoms with Crippen molar-refractivity contribution in [3.05, 3.63) is 41.2 Å². The highest BCUT2D eigenvalue weighted by atomic mass is 35.5. The van der Waals surface area contributed by atoms with Crippen LogP contribution in [0.5, 0.6) is 5.75 Å². The summed E-state index contributed by atoms with van der Waals surface area (Å²) in [6.45, 7) is 2.53. The third kappa shape index (κ3) is 3.26. The second kappa shape index (κ2) is 5.75. The van der Waals surface area contributed by atoms with Crippen LogP contribution >= 0.6 is 11.6 Å². The zero-order chi connectivity index (χ0) is 13.8. The summed E-state index contributed by atoms with van der Waals surface area (Å²) >= 11 is 5.74. The van der Waals surface area contributed by atoms with Gasteiger partial charge in [-0.05, 0) is 31.2 Å². The Morgan fingerprint density at radius 3 is 2.63 bits per heavy atom. The van der Waals surface area contributed by atoms with Gasteiger partial charge in [0, 0.05) is 18.8 Å². The Morgan fingerprint density at radius 1 is 1.42 bits per heavy atom. The Kier molecular flexibility index (Phi) is 4.06. The average Bonchev–Trinajstić information content (AvgIpc) is 2.71. The Bertz CT molecular complexity index is 578. The lowest BCUT2D eigenvalue weighted by molar-refractivity contribution is 0.101. The molecule has 100 valence electrons. The topological polar surface area (TPSA) is 56.1 Å². The van der Waals surface area contributed by atoms with E-state index in [0.29, 0.717) is 23.1 Å². The summed E-state index contributed by atoms with van der Waals surface area (Å²) in [6, 6.07) is 8.68. The standard InChI is InChI=1S/C13H14ClN3O2/c1-3-19-10-6-4-9(5-7-10)15-13(18)11-8-12(14)16-17(11)2/h4-8H,3H2,1-2H3,(H,15,18). The van der Waals surface area contributed by atoms with Gasteiger partial charge in [0.25, 0.3) is 5.91 Å². The lowest BCUT2D eigenvalue weighted by Crippen LogP contribution is -2.15. The highest BCUT2D eigenvalue weighted by molar-refractivity contribution is 6.29. The van der Waals surface area contributed by atoms with Crippen LogP contribution < -0.4 is 10.1 Å². The van der Waals surface area contributed by atoms with Crippen LogP contribution in [0.1, 0.15) is 17.4 Å². The molecule has 0 atom stereocenters. The molecular formula is C13H14ClN3O2. The molecule has 0 unspecified atom stereocenters. The molecular weight excluding hydrogens is 266 g/mol. The molecule has 0 radical (unpaired) electrons. The van der Waals surface area contributed by atoms with Crippen molar-refractivity contribution in [3.8, 4) is 5.75 Å². The summed E-state index contributed by atoms with van der Waals surface area (Å²) in [5.74, 6) is 0.509. The molecule has 1 aromatic carbocycles. The van der Waals surface area contributed by atoms with Crippen molar-refractivity contribution >= 4 is 23.2 Å². The number of hydrogen-bond donors (Lipinski definition) is 1. The quantitative estimate of drug-likeness (QED) is 0.936. The van der Waals surface area contributed by atoms with Gasteiger partial charge in [0.15, 0.2) is 5.15 Å². The lowest BCUT2D eigenvalue weighted by atomic mass is 10.3. The highest BCUT2D eigenvalue weighted by Gasteiger charge is 2.12. The number of halogens is 1. The summed E-state index contributed by atoms with van der Waals surface area (Å²) in [6.07, 6.45) is 0. The molecule has 0 fully saturated rings. The van der Waals surface area contributed by atoms with Crippen LogP contribution in [0.4, 0.5) is 5.69 Å². The Hall–Kier alpha value is -2.01. The van der Waals surface area contributed by atoms with Gasteiger partial charge in [0.1, 0.15) is 11.4 Å². The molecule has 5 nitrogen and oxygen atoms in total. The number of aromatic nitrogens is 2. The molecule has 19 heavy (non-hydrogen) atoms. The summed E-state index contributed by atoms with van der Waals surface area (Å²) in [4.78, 5) is 12.0. The SMILES string of the molecule is CCOc1ccc(NC(=O)c2cc(Cl)nn2C)cc1. The van der Waals surface area contributed by atoms with E-state index in [1.165, 1.54) is 10.7 Å². The van der Waals surface area contributed by atoms with E-state index < -0.39 is 0 Å². The monoisotopic (exact) mass is 279 g/mol. The minimum atomic E-state index is -0.258. The van der Waals surface area contributed by atoms with Gasteiger partial charge < -0.3 is 10.1 Å². The first kappa shape index (κ1) is 13.4. The molecule has 2 aromatic rings. The zero-order valence-corrected chi connectivity index (χ0v) is 11.4. The van der Waals surface area contributed by atoms with E-state index in [0.717, 1.165) is 5.75 Å². The fraction of sp³-hybridized carbons (Fsp3) is 0.231. The van der Waals surface area contributed by atoms with Crippen molar-refractivity contribution < 1.29 is 9.53 Å². The Morgan fingerprint density at radius 2 is 2.11 bits per heavy atom. The van der Waals surface area contributed by atoms with Gasteiger partial charge in [-0.25, -0.2) is 0 Å². The first-order valence-corrected chi connectivity index (χ1v) is 6.21. The van der Waals surface area contributed by atoms with E-state index in [-0.39, 0.29) is 5.91 Å². The number of nitrogens with one attached hydrogen (secondary N) is 1. The molecule has 1 heterocycles. The van der Waals surface area contributed by atoms with Gasteiger partial charge in [-0.15, -0.1) is 0 Å². The number of hydrogen-bond acceptors (Lipinski definition) is 3. The fourth-order valence-corrected chi connectivity index (χ4v) is 1.86. The number of carbonyl (C=O) groups excluding carboxylic acids is 1. The first-order valence-electron chi connectivity index (χ1n) is 5.84. The molecule has 0 spiro atoms. The molecule has 0 saturated heterocycles. The Labute approximate surface area is 116 Å². The second-order valence-corrected chi connectivity index (χ2v) is 4.27. The van der Waals surface area contributed by atoms with E-state index >= 15 is 0 Å². The van der Waals surface area contributed by atoms with Crippen molar-refractivity contribution in [2.24, 2.45) is 7.05 Å². The maximum atomic E-state index is 12.0. The number of carbonyl (C=O) groups is 1. The van der Waals surface area contributed by atoms with Crippen LogP contribution in [-0.4, -0.2) is 22.3 Å². The predicted molar refractivity (Wildman–Crippen MR) is 73.8 cm³/mol. The van der Waals surface area contributed by atoms with Crippen LogP contribution in [0.2, 0.25) is 5.15 Å². The van der Waals surface area contributed by atoms with Gasteiger partial charge in [0.05, 0.1) is 6.61 Å². The number of rotatable bonds is 4. The van der Waals surface area contributed by atoms with Crippen LogP contribution in [0.15, 0.2) is 30.3 Å². The van der Waals surface area contributed by atoms with Gasteiger partial charge in [-0.3, -0.25) is 9.48 Å². The molecule has 1 aromatic heterocycles. The summed E-state index contributed by atoms with van der Waals surface area (Å²) in [5.41, 5.74) is 1.09. The van der Waals surface area contributed by atoms with Crippen molar-refractivity contribution in [2.75, 3.05) is 11.9 Å². The van der Waals surface area contributed by atoms with Crippen molar-refractivity contribution in [2.45, 2.75) is 6.92 Å². The third-order valence-electron chi connectivity index (χ3n) is 2.51. The molecule has 1 amide bonds. The molecule has 0 bridgehead atoms. The molecule has 2 rings (SSSR count). The van der Waals surface area contributed by atoms with Crippen LogP contribution in [0.25, 0.3) is 0 Å². The van der Waals surface area contributed by atoms with E-state index in [1.54, 1.807) is 31.3 Å². The number of aryl methyl sites for hydroxylation is 1. The maximum Gasteiger partial charge on any atom is 0.273 e. The van der Waals surface area contributed by atoms with Crippen LogP contribution in [0, 0.1) is 0 Å². The van der Waals surface area contributed by atoms with Crippen molar-refractivity contribution in [3.63, 3.8) is 0 Å². The molecule has 1 N–H and O–H groups in total. The van der Waals surface area contributed by atoms with Gasteiger partial charge in [0.2, 0.25) is 0 Å². The fourth-order valence-electron chi connectivity index (χ4n) is 1.64. The number of benzene rings is 1. The van der Waals surface area contributed by atoms with Gasteiger partial charge in [-0.2, -0.15) is 5.10 Å². The molecule has 0 aliphatic heterocycles. The molecule has 0 saturated carbocycles. The smallest absolute Gasteiger partial charge is 0.273 e. The van der Waals surface area contributed by atoms with Crippen LogP contribution in [0.3, 0.4) is 0 Å². The number of anilines is 1. The van der Waals surface area contributed by atoms with E-state index in [1.807, 2.05) is 6.92 Å². The largest absolute Gasteiger partial charge is 0.494 e. The lowest BCUT2D eigenvalue weighted by Gasteiger charge is -2.07. The van der Waals surface area contributed by atoms with Crippen LogP contribution in [-0.2, 0) is 7.05 Å².